The van der Waals surface area contributed by atoms with E-state index in [9.17, 15) is 0 Å². The monoisotopic (exact) mass is 259 g/mol. The molecule has 0 unspecified atom stereocenters. The molecule has 1 heterocycles. The lowest BCUT2D eigenvalue weighted by molar-refractivity contribution is 0.238. The minimum atomic E-state index is 0.169. The van der Waals surface area contributed by atoms with E-state index in [0.29, 0.717) is 5.41 Å². The zero-order valence-electron chi connectivity index (χ0n) is 12.3. The molecule has 3 nitrogen and oxygen atoms in total. The quantitative estimate of drug-likeness (QED) is 0.646. The second kappa shape index (κ2) is 5.24. The van der Waals surface area contributed by atoms with Gasteiger partial charge in [0.25, 0.3) is 0 Å². The average Bonchev–Trinajstić information content (AvgIpc) is 2.40. The predicted octanol–water partition coefficient (Wildman–Crippen LogP) is 3.30. The van der Waals surface area contributed by atoms with E-state index in [0.717, 1.165) is 29.9 Å². The van der Waals surface area contributed by atoms with Crippen LogP contribution in [0.5, 0.6) is 0 Å². The van der Waals surface area contributed by atoms with Crippen molar-refractivity contribution in [2.24, 2.45) is 11.1 Å². The summed E-state index contributed by atoms with van der Waals surface area (Å²) in [5.74, 6) is 0.169. The highest BCUT2D eigenvalue weighted by molar-refractivity contribution is 6.00. The van der Waals surface area contributed by atoms with Crippen molar-refractivity contribution < 1.29 is 0 Å². The normalized spacial score (nSPS) is 18.4. The van der Waals surface area contributed by atoms with Crippen molar-refractivity contribution in [3.05, 3.63) is 29.3 Å². The molecule has 0 atom stereocenters. The van der Waals surface area contributed by atoms with Crippen LogP contribution in [0.15, 0.2) is 18.2 Å². The summed E-state index contributed by atoms with van der Waals surface area (Å²) in [7, 11) is 0. The molecule has 0 aliphatic carbocycles. The number of nitrogens with one attached hydrogen (secondary N) is 1. The highest BCUT2D eigenvalue weighted by Gasteiger charge is 2.29. The fraction of sp³-hybridized carbons (Fsp3) is 0.562. The van der Waals surface area contributed by atoms with Crippen LogP contribution in [0, 0.1) is 17.7 Å². The van der Waals surface area contributed by atoms with Gasteiger partial charge in [-0.05, 0) is 37.3 Å². The summed E-state index contributed by atoms with van der Waals surface area (Å²) in [6.07, 6.45) is 3.68. The third-order valence-electron chi connectivity index (χ3n) is 4.61. The lowest BCUT2D eigenvalue weighted by Gasteiger charge is -2.40. The van der Waals surface area contributed by atoms with E-state index >= 15 is 0 Å². The zero-order chi connectivity index (χ0) is 14.0. The standard InChI is InChI=1S/C16H25N3/c1-4-16(3)7-9-19(10-8-16)14-6-5-12(2)11-13(14)15(17)18/h5-6,11H,4,7-10H2,1-3H3,(H3,17,18). The Hall–Kier alpha value is -1.51. The molecule has 0 bridgehead atoms. The number of aryl methyl sites for hydroxylation is 1. The van der Waals surface area contributed by atoms with Gasteiger partial charge in [-0.25, -0.2) is 0 Å². The maximum absolute atomic E-state index is 7.76. The Labute approximate surface area is 116 Å². The van der Waals surface area contributed by atoms with Crippen LogP contribution in [-0.2, 0) is 0 Å². The molecule has 3 heteroatoms. The van der Waals surface area contributed by atoms with E-state index in [2.05, 4.69) is 30.9 Å². The number of hydrogen-bond acceptors (Lipinski definition) is 2. The number of hydrogen-bond donors (Lipinski definition) is 2. The molecule has 1 aliphatic rings. The van der Waals surface area contributed by atoms with Gasteiger partial charge in [-0.2, -0.15) is 0 Å². The molecule has 0 aromatic heterocycles. The molecule has 1 aromatic rings. The van der Waals surface area contributed by atoms with Gasteiger partial charge in [0, 0.05) is 24.3 Å². The molecule has 19 heavy (non-hydrogen) atoms. The molecule has 2 rings (SSSR count). The highest BCUT2D eigenvalue weighted by Crippen LogP contribution is 2.36. The minimum Gasteiger partial charge on any atom is -0.384 e. The topological polar surface area (TPSA) is 53.1 Å². The first-order valence-corrected chi connectivity index (χ1v) is 7.15. The fourth-order valence-electron chi connectivity index (χ4n) is 2.78. The molecule has 1 aromatic carbocycles. The predicted molar refractivity (Wildman–Crippen MR) is 82.0 cm³/mol. The first kappa shape index (κ1) is 13.9. The number of amidine groups is 1. The Morgan fingerprint density at radius 2 is 2.00 bits per heavy atom. The smallest absolute Gasteiger partial charge is 0.124 e. The van der Waals surface area contributed by atoms with Gasteiger partial charge in [-0.3, -0.25) is 5.41 Å². The number of nitrogens with two attached hydrogens (primary N) is 1. The largest absolute Gasteiger partial charge is 0.384 e. The molecule has 0 radical (unpaired) electrons. The van der Waals surface area contributed by atoms with Gasteiger partial charge < -0.3 is 10.6 Å². The van der Waals surface area contributed by atoms with Crippen LogP contribution in [0.4, 0.5) is 5.69 Å². The molecular formula is C16H25N3. The number of nitrogen functional groups attached to an aromatic ring is 1. The molecule has 0 amide bonds. The third-order valence-corrected chi connectivity index (χ3v) is 4.61. The van der Waals surface area contributed by atoms with Crippen LogP contribution in [0.25, 0.3) is 0 Å². The number of rotatable bonds is 3. The average molecular weight is 259 g/mol. The van der Waals surface area contributed by atoms with Crippen molar-refractivity contribution in [3.8, 4) is 0 Å². The lowest BCUT2D eigenvalue weighted by Crippen LogP contribution is -2.39. The SMILES string of the molecule is CCC1(C)CCN(c2ccc(C)cc2C(=N)N)CC1. The van der Waals surface area contributed by atoms with Gasteiger partial charge in [0.1, 0.15) is 5.84 Å². The van der Waals surface area contributed by atoms with Crippen molar-refractivity contribution in [1.82, 2.24) is 0 Å². The maximum Gasteiger partial charge on any atom is 0.124 e. The van der Waals surface area contributed by atoms with Gasteiger partial charge in [-0.1, -0.05) is 31.9 Å². The first-order chi connectivity index (χ1) is 8.95. The minimum absolute atomic E-state index is 0.169. The van der Waals surface area contributed by atoms with Crippen LogP contribution >= 0.6 is 0 Å². The van der Waals surface area contributed by atoms with Crippen LogP contribution in [0.3, 0.4) is 0 Å². The van der Waals surface area contributed by atoms with Crippen LogP contribution in [0.1, 0.15) is 44.2 Å². The molecule has 1 fully saturated rings. The molecule has 1 aliphatic heterocycles. The molecule has 0 spiro atoms. The summed E-state index contributed by atoms with van der Waals surface area (Å²) in [6.45, 7) is 8.83. The summed E-state index contributed by atoms with van der Waals surface area (Å²) in [5.41, 5.74) is 9.36. The number of anilines is 1. The van der Waals surface area contributed by atoms with E-state index in [-0.39, 0.29) is 5.84 Å². The van der Waals surface area contributed by atoms with E-state index in [4.69, 9.17) is 11.1 Å². The number of nitrogens with zero attached hydrogens (tertiary/aromatic N) is 1. The summed E-state index contributed by atoms with van der Waals surface area (Å²) in [5, 5.41) is 7.76. The van der Waals surface area contributed by atoms with Crippen molar-refractivity contribution in [2.75, 3.05) is 18.0 Å². The van der Waals surface area contributed by atoms with Crippen molar-refractivity contribution in [3.63, 3.8) is 0 Å². The van der Waals surface area contributed by atoms with Crippen LogP contribution < -0.4 is 10.6 Å². The number of piperidine rings is 1. The Morgan fingerprint density at radius 1 is 1.37 bits per heavy atom. The number of benzene rings is 1. The lowest BCUT2D eigenvalue weighted by atomic mass is 9.78. The Bertz CT molecular complexity index is 471. The Kier molecular flexibility index (Phi) is 3.83. The maximum atomic E-state index is 7.76. The summed E-state index contributed by atoms with van der Waals surface area (Å²) in [6, 6.07) is 6.24. The van der Waals surface area contributed by atoms with Crippen molar-refractivity contribution in [1.29, 1.82) is 5.41 Å². The van der Waals surface area contributed by atoms with Crippen molar-refractivity contribution in [2.45, 2.75) is 40.0 Å². The van der Waals surface area contributed by atoms with Gasteiger partial charge in [0.05, 0.1) is 0 Å². The highest BCUT2D eigenvalue weighted by atomic mass is 15.1. The third kappa shape index (κ3) is 2.91. The molecule has 0 saturated carbocycles. The summed E-state index contributed by atoms with van der Waals surface area (Å²) in [4.78, 5) is 2.38. The van der Waals surface area contributed by atoms with E-state index < -0.39 is 0 Å². The van der Waals surface area contributed by atoms with Gasteiger partial charge in [-0.15, -0.1) is 0 Å². The fourth-order valence-corrected chi connectivity index (χ4v) is 2.78. The zero-order valence-corrected chi connectivity index (χ0v) is 12.3. The van der Waals surface area contributed by atoms with E-state index in [1.807, 2.05) is 13.0 Å². The van der Waals surface area contributed by atoms with Crippen molar-refractivity contribution >= 4 is 11.5 Å². The summed E-state index contributed by atoms with van der Waals surface area (Å²) < 4.78 is 0. The molecular weight excluding hydrogens is 234 g/mol. The summed E-state index contributed by atoms with van der Waals surface area (Å²) >= 11 is 0. The second-order valence-electron chi connectivity index (χ2n) is 6.09. The van der Waals surface area contributed by atoms with Crippen LogP contribution in [0.2, 0.25) is 0 Å². The first-order valence-electron chi connectivity index (χ1n) is 7.15. The van der Waals surface area contributed by atoms with Gasteiger partial charge in [0.15, 0.2) is 0 Å². The second-order valence-corrected chi connectivity index (χ2v) is 6.09. The molecule has 1 saturated heterocycles. The van der Waals surface area contributed by atoms with Gasteiger partial charge in [0.2, 0.25) is 0 Å². The molecule has 3 N–H and O–H groups in total. The Morgan fingerprint density at radius 3 is 2.53 bits per heavy atom. The Balaban J connectivity index is 2.22. The van der Waals surface area contributed by atoms with E-state index in [1.54, 1.807) is 0 Å². The molecule has 104 valence electrons. The van der Waals surface area contributed by atoms with Gasteiger partial charge >= 0.3 is 0 Å². The van der Waals surface area contributed by atoms with Crippen LogP contribution in [-0.4, -0.2) is 18.9 Å². The van der Waals surface area contributed by atoms with E-state index in [1.165, 1.54) is 19.3 Å².